The van der Waals surface area contributed by atoms with Crippen molar-refractivity contribution in [3.8, 4) is 11.1 Å². The fraction of sp³-hybridized carbons (Fsp3) is 0.350. The Morgan fingerprint density at radius 1 is 1.30 bits per heavy atom. The van der Waals surface area contributed by atoms with Crippen LogP contribution >= 0.6 is 0 Å². The van der Waals surface area contributed by atoms with E-state index in [2.05, 4.69) is 15.1 Å². The van der Waals surface area contributed by atoms with Crippen LogP contribution in [-0.4, -0.2) is 58.8 Å². The maximum Gasteiger partial charge on any atom is 0.243 e. The highest BCUT2D eigenvalue weighted by Gasteiger charge is 2.31. The zero-order valence-electron chi connectivity index (χ0n) is 17.1. The minimum absolute atomic E-state index is 0.0978. The van der Waals surface area contributed by atoms with Crippen molar-refractivity contribution in [2.24, 2.45) is 10.1 Å². The van der Waals surface area contributed by atoms with Gasteiger partial charge >= 0.3 is 0 Å². The van der Waals surface area contributed by atoms with Gasteiger partial charge in [0.05, 0.1) is 16.7 Å². The number of nitrogens with two attached hydrogens (primary N) is 1. The third-order valence-corrected chi connectivity index (χ3v) is 6.93. The summed E-state index contributed by atoms with van der Waals surface area (Å²) in [6.07, 6.45) is 1.37. The quantitative estimate of drug-likeness (QED) is 0.293. The van der Waals surface area contributed by atoms with Crippen molar-refractivity contribution in [1.82, 2.24) is 9.29 Å². The highest BCUT2D eigenvalue weighted by Crippen LogP contribution is 2.30. The van der Waals surface area contributed by atoms with E-state index in [1.54, 1.807) is 44.3 Å². The van der Waals surface area contributed by atoms with Gasteiger partial charge in [-0.05, 0) is 56.5 Å². The number of aliphatic imine (C=N–C) groups is 1. The molecule has 160 valence electrons. The lowest BCUT2D eigenvalue weighted by atomic mass is 9.99. The average molecular weight is 432 g/mol. The number of amidine groups is 1. The monoisotopic (exact) mass is 431 g/mol. The van der Waals surface area contributed by atoms with Crippen LogP contribution in [0.3, 0.4) is 0 Å². The Hall–Kier alpha value is -2.82. The second-order valence-electron chi connectivity index (χ2n) is 7.28. The molecule has 30 heavy (non-hydrogen) atoms. The predicted molar refractivity (Wildman–Crippen MR) is 115 cm³/mol. The molecule has 0 aliphatic carbocycles. The molecule has 9 nitrogen and oxygen atoms in total. The molecular weight excluding hydrogens is 406 g/mol. The first-order chi connectivity index (χ1) is 14.1. The normalized spacial score (nSPS) is 18.7. The van der Waals surface area contributed by atoms with Gasteiger partial charge in [0, 0.05) is 30.4 Å². The molecule has 1 saturated heterocycles. The van der Waals surface area contributed by atoms with Gasteiger partial charge < -0.3 is 16.0 Å². The predicted octanol–water partition coefficient (Wildman–Crippen LogP) is 2.01. The average Bonchev–Trinajstić information content (AvgIpc) is 3.15. The van der Waals surface area contributed by atoms with Gasteiger partial charge in [-0.2, -0.15) is 4.31 Å². The first-order valence-corrected chi connectivity index (χ1v) is 10.9. The molecule has 0 bridgehead atoms. The number of hydrogen-bond donors (Lipinski definition) is 3. The van der Waals surface area contributed by atoms with Gasteiger partial charge in [-0.25, -0.2) is 18.4 Å². The molecule has 10 heteroatoms. The molecule has 0 radical (unpaired) electrons. The number of anilines is 1. The van der Waals surface area contributed by atoms with Gasteiger partial charge in [0.15, 0.2) is 5.84 Å². The summed E-state index contributed by atoms with van der Waals surface area (Å²) in [5, 5.41) is 21.6. The Bertz CT molecular complexity index is 1130. The molecule has 1 aromatic heterocycles. The van der Waals surface area contributed by atoms with Crippen LogP contribution in [0.15, 0.2) is 45.5 Å². The van der Waals surface area contributed by atoms with Crippen molar-refractivity contribution in [2.45, 2.75) is 38.2 Å². The molecule has 1 atom stereocenters. The molecule has 1 aliphatic heterocycles. The third-order valence-electron chi connectivity index (χ3n) is 5.07. The van der Waals surface area contributed by atoms with E-state index in [1.807, 2.05) is 6.92 Å². The van der Waals surface area contributed by atoms with Gasteiger partial charge in [-0.3, -0.25) is 0 Å². The van der Waals surface area contributed by atoms with Crippen molar-refractivity contribution >= 4 is 27.4 Å². The highest BCUT2D eigenvalue weighted by molar-refractivity contribution is 7.89. The Kier molecular flexibility index (Phi) is 6.20. The minimum atomic E-state index is -3.71. The van der Waals surface area contributed by atoms with E-state index < -0.39 is 16.1 Å². The summed E-state index contributed by atoms with van der Waals surface area (Å²) >= 11 is 0. The number of nitrogens with zero attached hydrogens (tertiary/aromatic N) is 4. The zero-order valence-corrected chi connectivity index (χ0v) is 17.9. The van der Waals surface area contributed by atoms with Crippen LogP contribution in [-0.2, 0) is 10.0 Å². The van der Waals surface area contributed by atoms with Crippen LogP contribution in [0.25, 0.3) is 11.1 Å². The van der Waals surface area contributed by atoms with Crippen molar-refractivity contribution in [2.75, 3.05) is 18.8 Å². The number of aliphatic hydroxyl groups excluding tert-OH is 1. The summed E-state index contributed by atoms with van der Waals surface area (Å²) in [4.78, 5) is 8.56. The molecule has 1 aliphatic rings. The molecule has 4 N–H and O–H groups in total. The molecular formula is C20H25N5O4S. The maximum atomic E-state index is 13.0. The number of β-amino-alcohol motifs (C(OH)–C–C–N with tert-alkyl or cyclic N) is 1. The van der Waals surface area contributed by atoms with Crippen molar-refractivity contribution in [3.63, 3.8) is 0 Å². The smallest absolute Gasteiger partial charge is 0.243 e. The molecule has 0 amide bonds. The molecule has 2 heterocycles. The van der Waals surface area contributed by atoms with Crippen LogP contribution in [0, 0.1) is 6.92 Å². The minimum Gasteiger partial charge on any atom is -0.409 e. The first-order valence-electron chi connectivity index (χ1n) is 9.42. The molecule has 0 spiro atoms. The number of rotatable bonds is 4. The van der Waals surface area contributed by atoms with E-state index in [0.717, 1.165) is 5.56 Å². The summed E-state index contributed by atoms with van der Waals surface area (Å²) in [5.74, 6) is 0.438. The number of nitrogen functional groups attached to an aromatic ring is 1. The second-order valence-corrected chi connectivity index (χ2v) is 9.22. The largest absolute Gasteiger partial charge is 0.409 e. The SMILES string of the molecule is CC(=N/C(C)=N\O)c1cc(-c2cc(S(=O)(=O)N3CC[C@H](O)C3)ccc2C)cnc1N. The van der Waals surface area contributed by atoms with Gasteiger partial charge in [-0.15, -0.1) is 0 Å². The summed E-state index contributed by atoms with van der Waals surface area (Å²) in [5.41, 5.74) is 9.33. The Labute approximate surface area is 175 Å². The Morgan fingerprint density at radius 2 is 2.03 bits per heavy atom. The number of pyridine rings is 1. The van der Waals surface area contributed by atoms with Crippen molar-refractivity contribution in [3.05, 3.63) is 41.6 Å². The number of aromatic nitrogens is 1. The van der Waals surface area contributed by atoms with Crippen molar-refractivity contribution < 1.29 is 18.7 Å². The summed E-state index contributed by atoms with van der Waals surface area (Å²) < 4.78 is 27.3. The molecule has 0 saturated carbocycles. The molecule has 0 unspecified atom stereocenters. The highest BCUT2D eigenvalue weighted by atomic mass is 32.2. The number of aliphatic hydroxyl groups is 1. The topological polar surface area (TPSA) is 141 Å². The summed E-state index contributed by atoms with van der Waals surface area (Å²) in [6.45, 7) is 5.54. The molecule has 1 aromatic carbocycles. The molecule has 3 rings (SSSR count). The second kappa shape index (κ2) is 8.50. The lowest BCUT2D eigenvalue weighted by Gasteiger charge is -2.17. The van der Waals surface area contributed by atoms with Crippen LogP contribution in [0.1, 0.15) is 31.4 Å². The van der Waals surface area contributed by atoms with Gasteiger partial charge in [-0.1, -0.05) is 11.2 Å². The van der Waals surface area contributed by atoms with E-state index in [-0.39, 0.29) is 23.1 Å². The summed E-state index contributed by atoms with van der Waals surface area (Å²) in [7, 11) is -3.71. The fourth-order valence-corrected chi connectivity index (χ4v) is 4.91. The number of oxime groups is 1. The van der Waals surface area contributed by atoms with Crippen LogP contribution in [0.4, 0.5) is 5.82 Å². The Morgan fingerprint density at radius 3 is 2.67 bits per heavy atom. The molecule has 2 aromatic rings. The van der Waals surface area contributed by atoms with Gasteiger partial charge in [0.2, 0.25) is 10.0 Å². The Balaban J connectivity index is 2.06. The number of benzene rings is 1. The van der Waals surface area contributed by atoms with E-state index in [0.29, 0.717) is 35.4 Å². The third kappa shape index (κ3) is 4.35. The van der Waals surface area contributed by atoms with Crippen LogP contribution in [0.5, 0.6) is 0 Å². The van der Waals surface area contributed by atoms with Gasteiger partial charge in [0.1, 0.15) is 5.82 Å². The van der Waals surface area contributed by atoms with E-state index in [9.17, 15) is 13.5 Å². The van der Waals surface area contributed by atoms with E-state index >= 15 is 0 Å². The standard InChI is InChI=1S/C20H25N5O4S/c1-12-4-5-17(30(28,29)25-7-6-16(26)11-25)9-18(12)15-8-19(20(21)22-10-15)13(2)23-14(3)24-27/h4-5,8-10,16,26-27H,6-7,11H2,1-3H3,(H2,21,22)/b23-13?,24-14-/t16-/m0/s1. The van der Waals surface area contributed by atoms with Gasteiger partial charge in [0.25, 0.3) is 0 Å². The maximum absolute atomic E-state index is 13.0. The number of hydrogen-bond acceptors (Lipinski definition) is 7. The number of sulfonamides is 1. The fourth-order valence-electron chi connectivity index (χ4n) is 3.39. The molecule has 1 fully saturated rings. The van der Waals surface area contributed by atoms with E-state index in [4.69, 9.17) is 10.9 Å². The van der Waals surface area contributed by atoms with Crippen LogP contribution in [0.2, 0.25) is 0 Å². The van der Waals surface area contributed by atoms with Crippen molar-refractivity contribution in [1.29, 1.82) is 0 Å². The lowest BCUT2D eigenvalue weighted by molar-refractivity contribution is 0.189. The number of aryl methyl sites for hydroxylation is 1. The zero-order chi connectivity index (χ0) is 22.1. The lowest BCUT2D eigenvalue weighted by Crippen LogP contribution is -2.29. The summed E-state index contributed by atoms with van der Waals surface area (Å²) in [6, 6.07) is 6.70. The van der Waals surface area contributed by atoms with E-state index in [1.165, 1.54) is 4.31 Å². The van der Waals surface area contributed by atoms with Crippen LogP contribution < -0.4 is 5.73 Å². The first kappa shape index (κ1) is 21.9.